The highest BCUT2D eigenvalue weighted by Crippen LogP contribution is 2.46. The number of ether oxygens (including phenoxy) is 2. The maximum atomic E-state index is 14.5. The van der Waals surface area contributed by atoms with Gasteiger partial charge in [-0.3, -0.25) is 4.79 Å². The first-order valence-electron chi connectivity index (χ1n) is 17.4. The van der Waals surface area contributed by atoms with E-state index >= 15 is 0 Å². The lowest BCUT2D eigenvalue weighted by molar-refractivity contribution is -0.136. The fourth-order valence-electron chi connectivity index (χ4n) is 6.73. The number of fused-ring (bicyclic) bond motifs is 3. The number of carbonyl (C=O) groups is 3. The van der Waals surface area contributed by atoms with Crippen molar-refractivity contribution >= 4 is 50.2 Å². The second-order valence-corrected chi connectivity index (χ2v) is 12.8. The Morgan fingerprint density at radius 2 is 0.962 bits per heavy atom. The molecule has 53 heavy (non-hydrogen) atoms. The van der Waals surface area contributed by atoms with Gasteiger partial charge in [-0.15, -0.1) is 0 Å². The number of esters is 2. The fraction of sp³-hybridized carbons (Fsp3) is 0.0426. The van der Waals surface area contributed by atoms with E-state index < -0.39 is 23.9 Å². The van der Waals surface area contributed by atoms with Crippen LogP contribution in [0.15, 0.2) is 176 Å². The summed E-state index contributed by atoms with van der Waals surface area (Å²) in [7, 11) is 0. The van der Waals surface area contributed by atoms with E-state index in [1.54, 1.807) is 60.7 Å². The summed E-state index contributed by atoms with van der Waals surface area (Å²) in [6, 6.07) is 53.5. The van der Waals surface area contributed by atoms with E-state index in [1.807, 2.05) is 115 Å². The van der Waals surface area contributed by atoms with Gasteiger partial charge in [0, 0.05) is 23.1 Å². The Labute approximate surface area is 306 Å². The number of carbonyl (C=O) groups excluding carboxylic acids is 3. The fourth-order valence-corrected chi connectivity index (χ4v) is 6.73. The predicted octanol–water partition coefficient (Wildman–Crippen LogP) is 9.98. The lowest BCUT2D eigenvalue weighted by Gasteiger charge is -2.21. The van der Waals surface area contributed by atoms with Gasteiger partial charge in [-0.05, 0) is 74.3 Å². The van der Waals surface area contributed by atoms with E-state index in [0.717, 1.165) is 37.9 Å². The standard InChI is InChI=1S/C47H33NO5/c49-45(35-16-3-1-4-17-35)48-40(30-31-23-24-32-13-7-8-20-37(32)29-31)47(51)53-42-28-26-34-15-10-12-22-39(34)44(42)43-38-21-11-9-14-33(38)25-27-41(43)52-46(50)36-18-5-2-6-19-36/h1-29,40H,30H2,(H,48,49)/t40-/m1/s1. The van der Waals surface area contributed by atoms with Crippen LogP contribution in [-0.4, -0.2) is 23.9 Å². The van der Waals surface area contributed by atoms with Crippen LogP contribution in [0.3, 0.4) is 0 Å². The summed E-state index contributed by atoms with van der Waals surface area (Å²) in [6.45, 7) is 0. The molecule has 8 aromatic carbocycles. The van der Waals surface area contributed by atoms with Crippen LogP contribution < -0.4 is 14.8 Å². The Balaban J connectivity index is 1.23. The first kappa shape index (κ1) is 33.1. The highest BCUT2D eigenvalue weighted by molar-refractivity contribution is 6.11. The van der Waals surface area contributed by atoms with Gasteiger partial charge in [-0.1, -0.05) is 140 Å². The first-order valence-corrected chi connectivity index (χ1v) is 17.4. The van der Waals surface area contributed by atoms with Gasteiger partial charge < -0.3 is 14.8 Å². The molecule has 0 saturated carbocycles. The number of hydrogen-bond acceptors (Lipinski definition) is 5. The lowest BCUT2D eigenvalue weighted by Crippen LogP contribution is -2.44. The van der Waals surface area contributed by atoms with Crippen molar-refractivity contribution in [3.8, 4) is 22.6 Å². The molecule has 6 heteroatoms. The highest BCUT2D eigenvalue weighted by Gasteiger charge is 2.27. The Hall–Kier alpha value is -7.05. The van der Waals surface area contributed by atoms with Gasteiger partial charge in [-0.25, -0.2) is 9.59 Å². The minimum absolute atomic E-state index is 0.194. The molecule has 0 aliphatic rings. The van der Waals surface area contributed by atoms with E-state index in [1.165, 1.54) is 0 Å². The van der Waals surface area contributed by atoms with Crippen LogP contribution in [0.5, 0.6) is 11.5 Å². The van der Waals surface area contributed by atoms with E-state index in [9.17, 15) is 14.4 Å². The van der Waals surface area contributed by atoms with Gasteiger partial charge in [0.1, 0.15) is 17.5 Å². The minimum Gasteiger partial charge on any atom is -0.424 e. The third kappa shape index (κ3) is 6.99. The average Bonchev–Trinajstić information content (AvgIpc) is 3.21. The van der Waals surface area contributed by atoms with E-state index in [2.05, 4.69) is 5.32 Å². The number of nitrogens with one attached hydrogen (secondary N) is 1. The van der Waals surface area contributed by atoms with Crippen molar-refractivity contribution in [2.24, 2.45) is 0 Å². The number of rotatable bonds is 9. The van der Waals surface area contributed by atoms with Crippen molar-refractivity contribution in [3.63, 3.8) is 0 Å². The molecule has 1 atom stereocenters. The van der Waals surface area contributed by atoms with Crippen LogP contribution in [-0.2, 0) is 11.2 Å². The van der Waals surface area contributed by atoms with Crippen molar-refractivity contribution < 1.29 is 23.9 Å². The molecular formula is C47H33NO5. The molecule has 0 heterocycles. The summed E-state index contributed by atoms with van der Waals surface area (Å²) in [6.07, 6.45) is 0.194. The van der Waals surface area contributed by atoms with E-state index in [0.29, 0.717) is 28.0 Å². The maximum Gasteiger partial charge on any atom is 0.343 e. The zero-order valence-electron chi connectivity index (χ0n) is 28.6. The van der Waals surface area contributed by atoms with Gasteiger partial charge in [-0.2, -0.15) is 0 Å². The van der Waals surface area contributed by atoms with E-state index in [-0.39, 0.29) is 12.2 Å². The summed E-state index contributed by atoms with van der Waals surface area (Å²) >= 11 is 0. The van der Waals surface area contributed by atoms with Gasteiger partial charge in [0.05, 0.1) is 5.56 Å². The van der Waals surface area contributed by atoms with Gasteiger partial charge in [0.15, 0.2) is 0 Å². The van der Waals surface area contributed by atoms with Crippen molar-refractivity contribution in [1.29, 1.82) is 0 Å². The number of amides is 1. The third-order valence-electron chi connectivity index (χ3n) is 9.33. The normalized spacial score (nSPS) is 11.6. The molecule has 0 saturated heterocycles. The zero-order valence-corrected chi connectivity index (χ0v) is 28.6. The first-order chi connectivity index (χ1) is 26.0. The quantitative estimate of drug-likeness (QED) is 0.120. The predicted molar refractivity (Wildman–Crippen MR) is 209 cm³/mol. The second-order valence-electron chi connectivity index (χ2n) is 12.8. The zero-order chi connectivity index (χ0) is 36.1. The van der Waals surface area contributed by atoms with Crippen LogP contribution in [0.1, 0.15) is 26.3 Å². The third-order valence-corrected chi connectivity index (χ3v) is 9.33. The number of hydrogen-bond donors (Lipinski definition) is 1. The summed E-state index contributed by atoms with van der Waals surface area (Å²) in [5, 5.41) is 8.47. The molecule has 1 N–H and O–H groups in total. The molecule has 1 amide bonds. The summed E-state index contributed by atoms with van der Waals surface area (Å²) in [5.41, 5.74) is 2.88. The van der Waals surface area contributed by atoms with Gasteiger partial charge in [0.25, 0.3) is 5.91 Å². The maximum absolute atomic E-state index is 14.5. The Kier molecular flexibility index (Phi) is 9.16. The molecule has 0 spiro atoms. The van der Waals surface area contributed by atoms with Crippen LogP contribution in [0.4, 0.5) is 0 Å². The average molecular weight is 692 g/mol. The van der Waals surface area contributed by atoms with Crippen LogP contribution >= 0.6 is 0 Å². The minimum atomic E-state index is -1.04. The molecule has 8 aromatic rings. The lowest BCUT2D eigenvalue weighted by atomic mass is 9.92. The summed E-state index contributed by atoms with van der Waals surface area (Å²) in [4.78, 5) is 41.5. The highest BCUT2D eigenvalue weighted by atomic mass is 16.5. The Morgan fingerprint density at radius 3 is 1.58 bits per heavy atom. The van der Waals surface area contributed by atoms with Gasteiger partial charge in [0.2, 0.25) is 0 Å². The second kappa shape index (κ2) is 14.7. The van der Waals surface area contributed by atoms with Crippen molar-refractivity contribution in [2.45, 2.75) is 12.5 Å². The molecule has 0 unspecified atom stereocenters. The SMILES string of the molecule is O=C(N[C@H](Cc1ccc2ccccc2c1)C(=O)Oc1ccc2ccccc2c1-c1c(OC(=O)c2ccccc2)ccc2ccccc12)c1ccccc1. The summed E-state index contributed by atoms with van der Waals surface area (Å²) in [5.74, 6) is -0.964. The molecule has 6 nitrogen and oxygen atoms in total. The van der Waals surface area contributed by atoms with E-state index in [4.69, 9.17) is 9.47 Å². The Morgan fingerprint density at radius 1 is 0.472 bits per heavy atom. The molecule has 256 valence electrons. The van der Waals surface area contributed by atoms with Crippen LogP contribution in [0.25, 0.3) is 43.4 Å². The smallest absolute Gasteiger partial charge is 0.343 e. The molecule has 0 bridgehead atoms. The van der Waals surface area contributed by atoms with Crippen molar-refractivity contribution in [3.05, 3.63) is 193 Å². The molecular weight excluding hydrogens is 659 g/mol. The molecule has 0 aliphatic carbocycles. The van der Waals surface area contributed by atoms with Crippen molar-refractivity contribution in [1.82, 2.24) is 5.32 Å². The largest absolute Gasteiger partial charge is 0.424 e. The number of benzene rings is 8. The van der Waals surface area contributed by atoms with Gasteiger partial charge >= 0.3 is 11.9 Å². The monoisotopic (exact) mass is 691 g/mol. The molecule has 0 aromatic heterocycles. The molecule has 0 aliphatic heterocycles. The summed E-state index contributed by atoms with van der Waals surface area (Å²) < 4.78 is 12.5. The molecule has 0 fully saturated rings. The van der Waals surface area contributed by atoms with Crippen LogP contribution in [0, 0.1) is 0 Å². The van der Waals surface area contributed by atoms with Crippen LogP contribution in [0.2, 0.25) is 0 Å². The topological polar surface area (TPSA) is 81.7 Å². The Bertz CT molecular complexity index is 2640. The van der Waals surface area contributed by atoms with Crippen molar-refractivity contribution in [2.75, 3.05) is 0 Å². The molecule has 0 radical (unpaired) electrons. The molecule has 8 rings (SSSR count).